The number of nitriles is 1. The van der Waals surface area contributed by atoms with Crippen molar-refractivity contribution in [2.75, 3.05) is 6.54 Å². The molecule has 0 atom stereocenters. The molecule has 22 heavy (non-hydrogen) atoms. The number of carbonyl (C=O) groups is 2. The van der Waals surface area contributed by atoms with Crippen molar-refractivity contribution in [3.8, 4) is 6.07 Å². The monoisotopic (exact) mass is 301 g/mol. The molecule has 0 aliphatic heterocycles. The topological polar surface area (TPSA) is 102 Å². The second-order valence-corrected chi connectivity index (χ2v) is 4.79. The Bertz CT molecular complexity index is 603. The highest BCUT2D eigenvalue weighted by Gasteiger charge is 2.08. The number of amides is 1. The van der Waals surface area contributed by atoms with Gasteiger partial charge in [-0.25, -0.2) is 0 Å². The van der Waals surface area contributed by atoms with Gasteiger partial charge in [0.15, 0.2) is 0 Å². The molecular formula is C16H19N3O3. The van der Waals surface area contributed by atoms with Gasteiger partial charge in [-0.2, -0.15) is 5.26 Å². The lowest BCUT2D eigenvalue weighted by atomic mass is 10.1. The molecule has 6 heteroatoms. The second kappa shape index (κ2) is 9.19. The van der Waals surface area contributed by atoms with E-state index in [1.54, 1.807) is 0 Å². The van der Waals surface area contributed by atoms with E-state index in [2.05, 4.69) is 10.6 Å². The highest BCUT2D eigenvalue weighted by Crippen LogP contribution is 2.03. The van der Waals surface area contributed by atoms with Gasteiger partial charge in [0.1, 0.15) is 11.6 Å². The molecule has 0 fully saturated rings. The number of benzene rings is 1. The summed E-state index contributed by atoms with van der Waals surface area (Å²) in [6, 6.07) is 9.71. The first-order valence-electron chi connectivity index (χ1n) is 6.92. The first-order chi connectivity index (χ1) is 10.5. The Morgan fingerprint density at radius 1 is 1.41 bits per heavy atom. The van der Waals surface area contributed by atoms with Crippen LogP contribution < -0.4 is 10.6 Å². The fraction of sp³-hybridized carbons (Fsp3) is 0.312. The molecular weight excluding hydrogens is 282 g/mol. The summed E-state index contributed by atoms with van der Waals surface area (Å²) in [6.07, 6.45) is 1.68. The van der Waals surface area contributed by atoms with E-state index >= 15 is 0 Å². The quantitative estimate of drug-likeness (QED) is 0.383. The molecule has 0 heterocycles. The third-order valence-corrected chi connectivity index (χ3v) is 2.85. The number of nitrogens with one attached hydrogen (secondary N) is 2. The van der Waals surface area contributed by atoms with Gasteiger partial charge in [-0.15, -0.1) is 0 Å². The minimum Gasteiger partial charge on any atom is -0.481 e. The molecule has 6 nitrogen and oxygen atoms in total. The summed E-state index contributed by atoms with van der Waals surface area (Å²) < 4.78 is 0. The van der Waals surface area contributed by atoms with Gasteiger partial charge in [-0.3, -0.25) is 9.59 Å². The Kier molecular flexibility index (Phi) is 7.20. The first kappa shape index (κ1) is 17.2. The molecule has 0 radical (unpaired) electrons. The molecule has 1 aromatic carbocycles. The number of carbonyl (C=O) groups excluding carboxylic acids is 1. The number of aliphatic carboxylic acids is 1. The summed E-state index contributed by atoms with van der Waals surface area (Å²) in [4.78, 5) is 22.1. The van der Waals surface area contributed by atoms with Crippen molar-refractivity contribution >= 4 is 11.9 Å². The Labute approximate surface area is 129 Å². The zero-order valence-electron chi connectivity index (χ0n) is 12.4. The Morgan fingerprint density at radius 2 is 2.18 bits per heavy atom. The molecule has 0 unspecified atom stereocenters. The van der Waals surface area contributed by atoms with E-state index in [9.17, 15) is 9.59 Å². The maximum Gasteiger partial charge on any atom is 0.303 e. The predicted octanol–water partition coefficient (Wildman–Crippen LogP) is 1.47. The number of rotatable bonds is 8. The van der Waals surface area contributed by atoms with Crippen LogP contribution in [0.4, 0.5) is 0 Å². The van der Waals surface area contributed by atoms with E-state index in [1.165, 1.54) is 6.20 Å². The molecule has 0 saturated carbocycles. The lowest BCUT2D eigenvalue weighted by Crippen LogP contribution is -2.27. The number of nitrogens with zero attached hydrogens (tertiary/aromatic N) is 1. The molecule has 1 aromatic rings. The molecule has 0 aromatic heterocycles. The van der Waals surface area contributed by atoms with Crippen molar-refractivity contribution < 1.29 is 14.7 Å². The summed E-state index contributed by atoms with van der Waals surface area (Å²) in [5.41, 5.74) is 2.15. The standard InChI is InChI=1S/C16H19N3O3/c1-12-4-2-5-13(8-12)10-18-11-14(9-17)16(22)19-7-3-6-15(20)21/h2,4-5,8,11,18H,3,6-7,10H2,1H3,(H,19,22)(H,20,21)/b14-11-. The Balaban J connectivity index is 2.43. The zero-order chi connectivity index (χ0) is 16.4. The van der Waals surface area contributed by atoms with Gasteiger partial charge >= 0.3 is 5.97 Å². The summed E-state index contributed by atoms with van der Waals surface area (Å²) >= 11 is 0. The van der Waals surface area contributed by atoms with Crippen LogP contribution in [0.25, 0.3) is 0 Å². The molecule has 0 spiro atoms. The highest BCUT2D eigenvalue weighted by atomic mass is 16.4. The molecule has 0 aliphatic rings. The van der Waals surface area contributed by atoms with Crippen molar-refractivity contribution in [3.63, 3.8) is 0 Å². The van der Waals surface area contributed by atoms with E-state index in [0.29, 0.717) is 13.0 Å². The molecule has 0 saturated heterocycles. The number of aryl methyl sites for hydroxylation is 1. The van der Waals surface area contributed by atoms with Crippen LogP contribution in [0.2, 0.25) is 0 Å². The van der Waals surface area contributed by atoms with Crippen LogP contribution in [-0.4, -0.2) is 23.5 Å². The van der Waals surface area contributed by atoms with Crippen LogP contribution in [-0.2, 0) is 16.1 Å². The van der Waals surface area contributed by atoms with Crippen LogP contribution in [0.5, 0.6) is 0 Å². The number of carboxylic acid groups (broad SMARTS) is 1. The Hall–Kier alpha value is -2.81. The minimum absolute atomic E-state index is 0.0164. The molecule has 116 valence electrons. The van der Waals surface area contributed by atoms with Crippen LogP contribution in [0.3, 0.4) is 0 Å². The summed E-state index contributed by atoms with van der Waals surface area (Å²) in [5, 5.41) is 22.9. The van der Waals surface area contributed by atoms with Crippen LogP contribution in [0.1, 0.15) is 24.0 Å². The zero-order valence-corrected chi connectivity index (χ0v) is 12.4. The normalized spacial score (nSPS) is 10.6. The highest BCUT2D eigenvalue weighted by molar-refractivity contribution is 5.97. The van der Waals surface area contributed by atoms with Gasteiger partial charge in [-0.05, 0) is 18.9 Å². The van der Waals surface area contributed by atoms with Crippen molar-refractivity contribution in [1.29, 1.82) is 5.26 Å². The maximum atomic E-state index is 11.7. The molecule has 3 N–H and O–H groups in total. The van der Waals surface area contributed by atoms with Gasteiger partial charge in [0.2, 0.25) is 0 Å². The number of hydrogen-bond acceptors (Lipinski definition) is 4. The minimum atomic E-state index is -0.912. The molecule has 0 aliphatic carbocycles. The van der Waals surface area contributed by atoms with Crippen molar-refractivity contribution in [3.05, 3.63) is 47.2 Å². The third-order valence-electron chi connectivity index (χ3n) is 2.85. The Morgan fingerprint density at radius 3 is 2.82 bits per heavy atom. The summed E-state index contributed by atoms with van der Waals surface area (Å²) in [7, 11) is 0. The third kappa shape index (κ3) is 6.57. The molecule has 0 bridgehead atoms. The van der Waals surface area contributed by atoms with Crippen LogP contribution in [0.15, 0.2) is 36.0 Å². The largest absolute Gasteiger partial charge is 0.481 e. The average molecular weight is 301 g/mol. The fourth-order valence-corrected chi connectivity index (χ4v) is 1.78. The average Bonchev–Trinajstić information content (AvgIpc) is 2.48. The molecule has 1 amide bonds. The van der Waals surface area contributed by atoms with Crippen LogP contribution >= 0.6 is 0 Å². The predicted molar refractivity (Wildman–Crippen MR) is 81.6 cm³/mol. The lowest BCUT2D eigenvalue weighted by molar-refractivity contribution is -0.137. The van der Waals surface area contributed by atoms with E-state index in [1.807, 2.05) is 37.3 Å². The number of carboxylic acids is 1. The molecule has 1 rings (SSSR count). The van der Waals surface area contributed by atoms with Gasteiger partial charge in [0.05, 0.1) is 0 Å². The van der Waals surface area contributed by atoms with Crippen molar-refractivity contribution in [2.45, 2.75) is 26.3 Å². The van der Waals surface area contributed by atoms with Crippen molar-refractivity contribution in [1.82, 2.24) is 10.6 Å². The van der Waals surface area contributed by atoms with Gasteiger partial charge in [0.25, 0.3) is 5.91 Å². The van der Waals surface area contributed by atoms with E-state index < -0.39 is 11.9 Å². The van der Waals surface area contributed by atoms with Crippen molar-refractivity contribution in [2.24, 2.45) is 0 Å². The van der Waals surface area contributed by atoms with Crippen LogP contribution in [0, 0.1) is 18.3 Å². The van der Waals surface area contributed by atoms with Gasteiger partial charge in [0, 0.05) is 25.7 Å². The van der Waals surface area contributed by atoms with E-state index in [4.69, 9.17) is 10.4 Å². The SMILES string of the molecule is Cc1cccc(CN/C=C(/C#N)C(=O)NCCCC(=O)O)c1. The first-order valence-corrected chi connectivity index (χ1v) is 6.92. The summed E-state index contributed by atoms with van der Waals surface area (Å²) in [6.45, 7) is 2.73. The number of hydrogen-bond donors (Lipinski definition) is 3. The van der Waals surface area contributed by atoms with E-state index in [-0.39, 0.29) is 18.5 Å². The fourth-order valence-electron chi connectivity index (χ4n) is 1.78. The van der Waals surface area contributed by atoms with Gasteiger partial charge < -0.3 is 15.7 Å². The maximum absolute atomic E-state index is 11.7. The van der Waals surface area contributed by atoms with Gasteiger partial charge in [-0.1, -0.05) is 29.8 Å². The second-order valence-electron chi connectivity index (χ2n) is 4.79. The summed E-state index contributed by atoms with van der Waals surface area (Å²) in [5.74, 6) is -1.42. The van der Waals surface area contributed by atoms with E-state index in [0.717, 1.165) is 11.1 Å². The lowest BCUT2D eigenvalue weighted by Gasteiger charge is -2.05. The smallest absolute Gasteiger partial charge is 0.303 e.